The summed E-state index contributed by atoms with van der Waals surface area (Å²) in [7, 11) is 0. The molecule has 36 heavy (non-hydrogen) atoms. The summed E-state index contributed by atoms with van der Waals surface area (Å²) in [5.41, 5.74) is 1.22. The van der Waals surface area contributed by atoms with Crippen molar-refractivity contribution in [2.75, 3.05) is 13.2 Å². The van der Waals surface area contributed by atoms with E-state index in [0.29, 0.717) is 25.3 Å². The number of hydrogen-bond donors (Lipinski definition) is 1. The summed E-state index contributed by atoms with van der Waals surface area (Å²) in [6.07, 6.45) is 0.0985. The van der Waals surface area contributed by atoms with E-state index in [1.165, 1.54) is 12.1 Å². The van der Waals surface area contributed by atoms with E-state index >= 15 is 0 Å². The second kappa shape index (κ2) is 10.1. The van der Waals surface area contributed by atoms with Crippen LogP contribution in [0.5, 0.6) is 5.75 Å². The SMILES string of the molecule is C=CCn1c(CCCOc2ccc(-c3noc(C4CCCN4)n3)cc2C(F)(F)F)nc2ccccc21. The van der Waals surface area contributed by atoms with Gasteiger partial charge in [0.1, 0.15) is 11.6 Å². The zero-order valence-electron chi connectivity index (χ0n) is 19.6. The third-order valence-corrected chi connectivity index (χ3v) is 6.19. The number of benzene rings is 2. The highest BCUT2D eigenvalue weighted by Gasteiger charge is 2.35. The van der Waals surface area contributed by atoms with Gasteiger partial charge in [-0.05, 0) is 56.1 Å². The fourth-order valence-corrected chi connectivity index (χ4v) is 4.47. The van der Waals surface area contributed by atoms with Crippen molar-refractivity contribution in [3.8, 4) is 17.1 Å². The number of aromatic nitrogens is 4. The highest BCUT2D eigenvalue weighted by atomic mass is 19.4. The van der Waals surface area contributed by atoms with Gasteiger partial charge in [-0.2, -0.15) is 18.2 Å². The van der Waals surface area contributed by atoms with Crippen molar-refractivity contribution in [3.05, 3.63) is 72.4 Å². The first-order valence-corrected chi connectivity index (χ1v) is 11.9. The number of aryl methyl sites for hydroxylation is 1. The van der Waals surface area contributed by atoms with Gasteiger partial charge in [0, 0.05) is 18.5 Å². The normalized spacial score (nSPS) is 16.0. The van der Waals surface area contributed by atoms with Crippen molar-refractivity contribution in [3.63, 3.8) is 0 Å². The maximum absolute atomic E-state index is 13.8. The van der Waals surface area contributed by atoms with Crippen molar-refractivity contribution in [2.45, 2.75) is 44.4 Å². The van der Waals surface area contributed by atoms with Gasteiger partial charge in [-0.25, -0.2) is 4.98 Å². The van der Waals surface area contributed by atoms with E-state index in [1.807, 2.05) is 24.3 Å². The van der Waals surface area contributed by atoms with Crippen LogP contribution in [0.4, 0.5) is 13.2 Å². The largest absolute Gasteiger partial charge is 0.493 e. The van der Waals surface area contributed by atoms with Crippen molar-refractivity contribution in [1.82, 2.24) is 25.0 Å². The second-order valence-corrected chi connectivity index (χ2v) is 8.68. The van der Waals surface area contributed by atoms with Crippen LogP contribution >= 0.6 is 0 Å². The zero-order valence-corrected chi connectivity index (χ0v) is 19.6. The maximum Gasteiger partial charge on any atom is 0.419 e. The molecule has 0 bridgehead atoms. The Balaban J connectivity index is 1.29. The first-order chi connectivity index (χ1) is 17.4. The summed E-state index contributed by atoms with van der Waals surface area (Å²) >= 11 is 0. The molecule has 188 valence electrons. The summed E-state index contributed by atoms with van der Waals surface area (Å²) in [5.74, 6) is 1.12. The summed E-state index contributed by atoms with van der Waals surface area (Å²) in [6.45, 7) is 5.36. The molecule has 10 heteroatoms. The molecule has 1 N–H and O–H groups in total. The van der Waals surface area contributed by atoms with Gasteiger partial charge < -0.3 is 19.1 Å². The van der Waals surface area contributed by atoms with Crippen LogP contribution in [0.3, 0.4) is 0 Å². The Kier molecular flexibility index (Phi) is 6.77. The standard InChI is InChI=1S/C26H26F3N5O2/c1-2-14-34-21-9-4-3-7-19(21)31-23(34)10-6-15-35-22-12-11-17(16-18(22)26(27,28)29)24-32-25(36-33-24)20-8-5-13-30-20/h2-4,7,9,11-12,16,20,30H,1,5-6,8,10,13-15H2. The number of ether oxygens (including phenoxy) is 1. The highest BCUT2D eigenvalue weighted by molar-refractivity contribution is 5.76. The molecule has 4 aromatic rings. The van der Waals surface area contributed by atoms with Crippen molar-refractivity contribution >= 4 is 11.0 Å². The van der Waals surface area contributed by atoms with Crippen LogP contribution in [0.25, 0.3) is 22.4 Å². The van der Waals surface area contributed by atoms with E-state index in [0.717, 1.165) is 42.3 Å². The summed E-state index contributed by atoms with van der Waals surface area (Å²) in [4.78, 5) is 8.96. The highest BCUT2D eigenvalue weighted by Crippen LogP contribution is 2.38. The summed E-state index contributed by atoms with van der Waals surface area (Å²) in [6, 6.07) is 11.6. The van der Waals surface area contributed by atoms with Gasteiger partial charge in [0.15, 0.2) is 0 Å². The van der Waals surface area contributed by atoms with Crippen LogP contribution in [-0.4, -0.2) is 32.8 Å². The minimum atomic E-state index is -4.59. The molecule has 5 rings (SSSR count). The Morgan fingerprint density at radius 3 is 2.83 bits per heavy atom. The van der Waals surface area contributed by atoms with E-state index in [9.17, 15) is 13.2 Å². The number of nitrogens with zero attached hydrogens (tertiary/aromatic N) is 4. The van der Waals surface area contributed by atoms with E-state index < -0.39 is 11.7 Å². The molecule has 1 fully saturated rings. The van der Waals surface area contributed by atoms with Gasteiger partial charge in [0.05, 0.1) is 29.2 Å². The molecule has 0 spiro atoms. The van der Waals surface area contributed by atoms with E-state index in [-0.39, 0.29) is 29.8 Å². The van der Waals surface area contributed by atoms with Gasteiger partial charge in [-0.15, -0.1) is 6.58 Å². The predicted octanol–water partition coefficient (Wildman–Crippen LogP) is 5.73. The lowest BCUT2D eigenvalue weighted by molar-refractivity contribution is -0.138. The lowest BCUT2D eigenvalue weighted by atomic mass is 10.1. The lowest BCUT2D eigenvalue weighted by Crippen LogP contribution is -2.13. The number of hydrogen-bond acceptors (Lipinski definition) is 6. The van der Waals surface area contributed by atoms with E-state index in [4.69, 9.17) is 9.26 Å². The minimum absolute atomic E-state index is 0.0596. The Hall–Kier alpha value is -3.66. The van der Waals surface area contributed by atoms with Gasteiger partial charge >= 0.3 is 6.18 Å². The fraction of sp³-hybridized carbons (Fsp3) is 0.346. The van der Waals surface area contributed by atoms with E-state index in [2.05, 4.69) is 31.6 Å². The van der Waals surface area contributed by atoms with E-state index in [1.54, 1.807) is 6.08 Å². The summed E-state index contributed by atoms with van der Waals surface area (Å²) in [5, 5.41) is 7.12. The number of halogens is 3. The number of nitrogens with one attached hydrogen (secondary N) is 1. The number of allylic oxidation sites excluding steroid dienone is 1. The predicted molar refractivity (Wildman–Crippen MR) is 128 cm³/mol. The smallest absolute Gasteiger partial charge is 0.419 e. The van der Waals surface area contributed by atoms with Gasteiger partial charge in [0.25, 0.3) is 0 Å². The molecule has 1 aliphatic rings. The Labute approximate surface area is 206 Å². The van der Waals surface area contributed by atoms with Gasteiger partial charge in [0.2, 0.25) is 11.7 Å². The quantitative estimate of drug-likeness (QED) is 0.235. The molecule has 0 amide bonds. The Morgan fingerprint density at radius 1 is 1.19 bits per heavy atom. The fourth-order valence-electron chi connectivity index (χ4n) is 4.47. The Morgan fingerprint density at radius 2 is 2.06 bits per heavy atom. The molecular formula is C26H26F3N5O2. The van der Waals surface area contributed by atoms with Crippen LogP contribution in [0, 0.1) is 0 Å². The molecule has 0 saturated carbocycles. The molecular weight excluding hydrogens is 471 g/mol. The first-order valence-electron chi connectivity index (χ1n) is 11.9. The molecule has 1 saturated heterocycles. The molecule has 1 atom stereocenters. The zero-order chi connectivity index (χ0) is 25.1. The number of fused-ring (bicyclic) bond motifs is 1. The third kappa shape index (κ3) is 4.99. The molecule has 1 unspecified atom stereocenters. The maximum atomic E-state index is 13.8. The molecule has 3 heterocycles. The van der Waals surface area contributed by atoms with Crippen LogP contribution < -0.4 is 10.1 Å². The molecule has 2 aromatic carbocycles. The van der Waals surface area contributed by atoms with Crippen LogP contribution in [0.1, 0.15) is 42.6 Å². The number of para-hydroxylation sites is 2. The van der Waals surface area contributed by atoms with Crippen LogP contribution in [0.15, 0.2) is 59.6 Å². The second-order valence-electron chi connectivity index (χ2n) is 8.68. The topological polar surface area (TPSA) is 78.0 Å². The van der Waals surface area contributed by atoms with Crippen molar-refractivity contribution in [1.29, 1.82) is 0 Å². The molecule has 1 aliphatic heterocycles. The molecule has 7 nitrogen and oxygen atoms in total. The van der Waals surface area contributed by atoms with Crippen LogP contribution in [0.2, 0.25) is 0 Å². The number of alkyl halides is 3. The first kappa shape index (κ1) is 24.1. The average Bonchev–Trinajstić information content (AvgIpc) is 3.62. The van der Waals surface area contributed by atoms with Crippen molar-refractivity contribution < 1.29 is 22.4 Å². The molecule has 2 aromatic heterocycles. The van der Waals surface area contributed by atoms with Gasteiger partial charge in [-0.3, -0.25) is 0 Å². The van der Waals surface area contributed by atoms with Crippen LogP contribution in [-0.2, 0) is 19.1 Å². The Bertz CT molecular complexity index is 1360. The molecule has 0 aliphatic carbocycles. The van der Waals surface area contributed by atoms with Crippen molar-refractivity contribution in [2.24, 2.45) is 0 Å². The minimum Gasteiger partial charge on any atom is -0.493 e. The molecule has 0 radical (unpaired) electrons. The monoisotopic (exact) mass is 497 g/mol. The third-order valence-electron chi connectivity index (χ3n) is 6.19. The average molecular weight is 498 g/mol. The number of imidazole rings is 1. The number of rotatable bonds is 9. The summed E-state index contributed by atoms with van der Waals surface area (Å²) < 4.78 is 54.5. The van der Waals surface area contributed by atoms with Gasteiger partial charge in [-0.1, -0.05) is 23.4 Å². The lowest BCUT2D eigenvalue weighted by Gasteiger charge is -2.15.